The molecule has 0 atom stereocenters. The quantitative estimate of drug-likeness (QED) is 0.593. The normalized spacial score (nSPS) is 15.5. The minimum absolute atomic E-state index is 0.0146. The molecular weight excluding hydrogens is 457 g/mol. The van der Waals surface area contributed by atoms with Gasteiger partial charge in [-0.05, 0) is 18.2 Å². The molecule has 1 aromatic heterocycles. The smallest absolute Gasteiger partial charge is 0.356 e. The number of hydrogen-bond acceptors (Lipinski definition) is 5. The maximum absolute atomic E-state index is 12.7. The molecule has 3 rings (SSSR count). The van der Waals surface area contributed by atoms with Crippen molar-refractivity contribution in [2.24, 2.45) is 0 Å². The van der Waals surface area contributed by atoms with Gasteiger partial charge in [-0.15, -0.1) is 0 Å². The van der Waals surface area contributed by atoms with Crippen molar-refractivity contribution in [2.45, 2.75) is 11.1 Å². The zero-order valence-electron chi connectivity index (χ0n) is 16.0. The van der Waals surface area contributed by atoms with E-state index in [1.165, 1.54) is 40.8 Å². The number of carbonyl (C=O) groups excluding carboxylic acids is 2. The molecule has 2 heterocycles. The number of thioether (sulfide) groups is 1. The lowest BCUT2D eigenvalue weighted by Gasteiger charge is -2.24. The summed E-state index contributed by atoms with van der Waals surface area (Å²) in [5, 5.41) is 4.17. The zero-order chi connectivity index (χ0) is 22.6. The summed E-state index contributed by atoms with van der Waals surface area (Å²) in [5.74, 6) is -0.383. The number of alkyl halides is 3. The van der Waals surface area contributed by atoms with Crippen LogP contribution in [0.25, 0.3) is 0 Å². The molecule has 1 aliphatic rings. The van der Waals surface area contributed by atoms with Gasteiger partial charge in [0.15, 0.2) is 0 Å². The van der Waals surface area contributed by atoms with Crippen LogP contribution in [0.2, 0.25) is 0 Å². The third kappa shape index (κ3) is 5.80. The molecule has 0 bridgehead atoms. The van der Waals surface area contributed by atoms with E-state index in [4.69, 9.17) is 0 Å². The van der Waals surface area contributed by atoms with Gasteiger partial charge >= 0.3 is 6.18 Å². The Labute approximate surface area is 180 Å². The molecule has 2 aromatic rings. The molecule has 31 heavy (non-hydrogen) atoms. The van der Waals surface area contributed by atoms with Gasteiger partial charge in [0.1, 0.15) is 17.1 Å². The number of nitrogens with zero attached hydrogens (tertiary/aromatic N) is 1. The summed E-state index contributed by atoms with van der Waals surface area (Å²) >= 11 is 1.66. The number of para-hydroxylation sites is 1. The first-order valence-electron chi connectivity index (χ1n) is 9.09. The van der Waals surface area contributed by atoms with Crippen molar-refractivity contribution < 1.29 is 31.2 Å². The third-order valence-electron chi connectivity index (χ3n) is 4.38. The van der Waals surface area contributed by atoms with Crippen LogP contribution >= 0.6 is 11.8 Å². The largest absolute Gasteiger partial charge is 0.405 e. The lowest BCUT2D eigenvalue weighted by Crippen LogP contribution is -2.37. The predicted octanol–water partition coefficient (Wildman–Crippen LogP) is 2.30. The van der Waals surface area contributed by atoms with E-state index in [0.29, 0.717) is 24.6 Å². The predicted molar refractivity (Wildman–Crippen MR) is 110 cm³/mol. The topological polar surface area (TPSA) is 111 Å². The summed E-state index contributed by atoms with van der Waals surface area (Å²) in [4.78, 5) is 27.2. The first-order valence-corrected chi connectivity index (χ1v) is 11.7. The minimum atomic E-state index is -4.58. The highest BCUT2D eigenvalue weighted by Crippen LogP contribution is 2.22. The van der Waals surface area contributed by atoms with Crippen LogP contribution in [0, 0.1) is 0 Å². The van der Waals surface area contributed by atoms with Crippen LogP contribution in [-0.4, -0.2) is 66.8 Å². The molecule has 168 valence electrons. The number of carbonyl (C=O) groups is 2. The van der Waals surface area contributed by atoms with Crippen molar-refractivity contribution in [2.75, 3.05) is 36.5 Å². The third-order valence-corrected chi connectivity index (χ3v) is 7.20. The van der Waals surface area contributed by atoms with Gasteiger partial charge in [-0.25, -0.2) is 8.42 Å². The average Bonchev–Trinajstić information content (AvgIpc) is 3.24. The molecule has 1 saturated heterocycles. The first kappa shape index (κ1) is 23.2. The van der Waals surface area contributed by atoms with Gasteiger partial charge in [0.05, 0.1) is 11.3 Å². The minimum Gasteiger partial charge on any atom is -0.356 e. The molecule has 0 aliphatic carbocycles. The molecule has 0 saturated carbocycles. The summed E-state index contributed by atoms with van der Waals surface area (Å²) < 4.78 is 63.8. The monoisotopic (exact) mass is 476 g/mol. The maximum Gasteiger partial charge on any atom is 0.405 e. The number of amides is 2. The Morgan fingerprint density at radius 3 is 2.48 bits per heavy atom. The number of benzene rings is 1. The Morgan fingerprint density at radius 1 is 1.13 bits per heavy atom. The van der Waals surface area contributed by atoms with E-state index in [1.54, 1.807) is 17.1 Å². The van der Waals surface area contributed by atoms with Gasteiger partial charge in [0.2, 0.25) is 10.0 Å². The summed E-state index contributed by atoms with van der Waals surface area (Å²) in [7, 11) is -3.75. The van der Waals surface area contributed by atoms with Crippen LogP contribution in [0.1, 0.15) is 20.8 Å². The van der Waals surface area contributed by atoms with E-state index < -0.39 is 34.6 Å². The van der Waals surface area contributed by atoms with Crippen molar-refractivity contribution >= 4 is 39.3 Å². The summed E-state index contributed by atoms with van der Waals surface area (Å²) in [6.45, 7) is -0.763. The van der Waals surface area contributed by atoms with Crippen LogP contribution in [0.4, 0.5) is 18.9 Å². The number of anilines is 1. The number of aromatic amines is 1. The van der Waals surface area contributed by atoms with E-state index in [9.17, 15) is 31.2 Å². The fourth-order valence-corrected chi connectivity index (χ4v) is 5.42. The summed E-state index contributed by atoms with van der Waals surface area (Å²) in [6, 6.07) is 6.73. The number of rotatable bonds is 6. The summed E-state index contributed by atoms with van der Waals surface area (Å²) in [6.07, 6.45) is -3.37. The molecule has 13 heteroatoms. The number of sulfonamides is 1. The van der Waals surface area contributed by atoms with Crippen LogP contribution in [-0.2, 0) is 10.0 Å². The second-order valence-corrected chi connectivity index (χ2v) is 9.73. The highest BCUT2D eigenvalue weighted by Gasteiger charge is 2.29. The van der Waals surface area contributed by atoms with E-state index in [-0.39, 0.29) is 21.8 Å². The standard InChI is InChI=1S/C18H19F3N4O4S2/c19-18(20,21)11-23-16(26)13-3-1-2-4-14(13)24-17(27)15-9-12(10-22-15)31(28,29)25-5-7-30-8-6-25/h1-4,9-10,22H,5-8,11H2,(H,23,26)(H,24,27). The Hall–Kier alpha value is -2.51. The number of aromatic nitrogens is 1. The van der Waals surface area contributed by atoms with Crippen molar-refractivity contribution in [1.29, 1.82) is 0 Å². The fraction of sp³-hybridized carbons (Fsp3) is 0.333. The van der Waals surface area contributed by atoms with E-state index in [0.717, 1.165) is 0 Å². The fourth-order valence-electron chi connectivity index (χ4n) is 2.85. The molecule has 1 aliphatic heterocycles. The van der Waals surface area contributed by atoms with Gasteiger partial charge in [0, 0.05) is 30.8 Å². The van der Waals surface area contributed by atoms with Gasteiger partial charge in [-0.1, -0.05) is 12.1 Å². The molecule has 0 radical (unpaired) electrons. The second-order valence-electron chi connectivity index (χ2n) is 6.56. The molecule has 8 nitrogen and oxygen atoms in total. The van der Waals surface area contributed by atoms with E-state index in [2.05, 4.69) is 10.3 Å². The molecular formula is C18H19F3N4O4S2. The van der Waals surface area contributed by atoms with E-state index in [1.807, 2.05) is 0 Å². The van der Waals surface area contributed by atoms with Gasteiger partial charge in [-0.2, -0.15) is 29.2 Å². The number of nitrogens with one attached hydrogen (secondary N) is 3. The molecule has 1 aromatic carbocycles. The van der Waals surface area contributed by atoms with Crippen LogP contribution in [0.15, 0.2) is 41.4 Å². The lowest BCUT2D eigenvalue weighted by atomic mass is 10.1. The van der Waals surface area contributed by atoms with Gasteiger partial charge in [0.25, 0.3) is 11.8 Å². The van der Waals surface area contributed by atoms with Crippen molar-refractivity contribution in [3.8, 4) is 0 Å². The summed E-state index contributed by atoms with van der Waals surface area (Å²) in [5.41, 5.74) is -0.250. The zero-order valence-corrected chi connectivity index (χ0v) is 17.7. The van der Waals surface area contributed by atoms with Crippen LogP contribution in [0.3, 0.4) is 0 Å². The van der Waals surface area contributed by atoms with Crippen molar-refractivity contribution in [3.63, 3.8) is 0 Å². The van der Waals surface area contributed by atoms with Crippen LogP contribution < -0.4 is 10.6 Å². The second kappa shape index (κ2) is 9.32. The molecule has 2 amide bonds. The molecule has 0 unspecified atom stereocenters. The lowest BCUT2D eigenvalue weighted by molar-refractivity contribution is -0.123. The van der Waals surface area contributed by atoms with Crippen LogP contribution in [0.5, 0.6) is 0 Å². The Balaban J connectivity index is 1.74. The van der Waals surface area contributed by atoms with Crippen molar-refractivity contribution in [1.82, 2.24) is 14.6 Å². The molecule has 1 fully saturated rings. The Kier molecular flexibility index (Phi) is 6.96. The van der Waals surface area contributed by atoms with Crippen molar-refractivity contribution in [3.05, 3.63) is 47.8 Å². The highest BCUT2D eigenvalue weighted by molar-refractivity contribution is 7.99. The Bertz CT molecular complexity index is 1060. The first-order chi connectivity index (χ1) is 14.6. The van der Waals surface area contributed by atoms with E-state index >= 15 is 0 Å². The number of halogens is 3. The molecule has 0 spiro atoms. The van der Waals surface area contributed by atoms with Gasteiger partial charge in [-0.3, -0.25) is 9.59 Å². The maximum atomic E-state index is 12.7. The molecule has 3 N–H and O–H groups in total. The average molecular weight is 477 g/mol. The number of hydrogen-bond donors (Lipinski definition) is 3. The number of H-pyrrole nitrogens is 1. The Morgan fingerprint density at radius 2 is 1.81 bits per heavy atom. The van der Waals surface area contributed by atoms with Gasteiger partial charge < -0.3 is 15.6 Å². The SMILES string of the molecule is O=C(Nc1ccccc1C(=O)NCC(F)(F)F)c1cc(S(=O)(=O)N2CCSCC2)c[nH]1. The highest BCUT2D eigenvalue weighted by atomic mass is 32.2.